The van der Waals surface area contributed by atoms with E-state index in [0.29, 0.717) is 11.7 Å². The Hall–Kier alpha value is -0.930. The summed E-state index contributed by atoms with van der Waals surface area (Å²) in [5, 5.41) is 4.40. The molecule has 0 aliphatic heterocycles. The van der Waals surface area contributed by atoms with Crippen LogP contribution in [-0.2, 0) is 0 Å². The Kier molecular flexibility index (Phi) is 5.77. The second-order valence-electron chi connectivity index (χ2n) is 5.86. The van der Waals surface area contributed by atoms with Gasteiger partial charge in [0, 0.05) is 17.1 Å². The third kappa shape index (κ3) is 3.83. The first-order valence-corrected chi connectivity index (χ1v) is 8.14. The lowest BCUT2D eigenvalue weighted by atomic mass is 9.90. The number of rotatable bonds is 8. The van der Waals surface area contributed by atoms with E-state index in [1.54, 1.807) is 14.2 Å². The molecule has 0 radical (unpaired) electrons. The van der Waals surface area contributed by atoms with Gasteiger partial charge in [0.05, 0.1) is 14.2 Å². The molecule has 1 aliphatic carbocycles. The number of ether oxygens (including phenoxy) is 2. The molecule has 0 bridgehead atoms. The number of benzene rings is 1. The summed E-state index contributed by atoms with van der Waals surface area (Å²) in [4.78, 5) is 0. The lowest BCUT2D eigenvalue weighted by molar-refractivity contribution is 0.339. The van der Waals surface area contributed by atoms with Crippen LogP contribution >= 0.6 is 11.6 Å². The normalized spacial score (nSPS) is 17.4. The molecule has 0 amide bonds. The van der Waals surface area contributed by atoms with Crippen LogP contribution in [0.1, 0.15) is 44.7 Å². The van der Waals surface area contributed by atoms with Gasteiger partial charge in [0.2, 0.25) is 0 Å². The Morgan fingerprint density at radius 3 is 2.38 bits per heavy atom. The molecule has 1 aromatic carbocycles. The molecule has 118 valence electrons. The summed E-state index contributed by atoms with van der Waals surface area (Å²) < 4.78 is 10.8. The van der Waals surface area contributed by atoms with Gasteiger partial charge in [-0.2, -0.15) is 0 Å². The smallest absolute Gasteiger partial charge is 0.162 e. The highest BCUT2D eigenvalue weighted by Crippen LogP contribution is 2.45. The van der Waals surface area contributed by atoms with Crippen LogP contribution in [0.2, 0.25) is 5.02 Å². The van der Waals surface area contributed by atoms with E-state index >= 15 is 0 Å². The van der Waals surface area contributed by atoms with Crippen molar-refractivity contribution in [2.75, 3.05) is 20.8 Å². The van der Waals surface area contributed by atoms with Crippen molar-refractivity contribution < 1.29 is 9.47 Å². The first kappa shape index (κ1) is 16.4. The largest absolute Gasteiger partial charge is 0.493 e. The molecule has 0 spiro atoms. The average molecular weight is 312 g/mol. The van der Waals surface area contributed by atoms with Crippen LogP contribution in [0.3, 0.4) is 0 Å². The van der Waals surface area contributed by atoms with E-state index in [4.69, 9.17) is 21.1 Å². The van der Waals surface area contributed by atoms with Crippen molar-refractivity contribution in [3.05, 3.63) is 22.7 Å². The van der Waals surface area contributed by atoms with E-state index in [2.05, 4.69) is 19.2 Å². The summed E-state index contributed by atoms with van der Waals surface area (Å²) in [6.45, 7) is 5.49. The molecule has 2 unspecified atom stereocenters. The predicted octanol–water partition coefficient (Wildman–Crippen LogP) is 4.44. The van der Waals surface area contributed by atoms with E-state index in [1.165, 1.54) is 12.8 Å². The SMILES string of the molecule is CCCNC(c1cc(OC)c(OC)cc1Cl)C(C)C1CC1. The maximum Gasteiger partial charge on any atom is 0.162 e. The van der Waals surface area contributed by atoms with E-state index in [-0.39, 0.29) is 6.04 Å². The lowest BCUT2D eigenvalue weighted by Crippen LogP contribution is -2.29. The summed E-state index contributed by atoms with van der Waals surface area (Å²) in [7, 11) is 3.29. The van der Waals surface area contributed by atoms with Gasteiger partial charge in [-0.05, 0) is 49.3 Å². The highest BCUT2D eigenvalue weighted by molar-refractivity contribution is 6.31. The van der Waals surface area contributed by atoms with Gasteiger partial charge >= 0.3 is 0 Å². The Labute approximate surface area is 133 Å². The van der Waals surface area contributed by atoms with Crippen molar-refractivity contribution in [1.29, 1.82) is 0 Å². The molecule has 0 saturated heterocycles. The quantitative estimate of drug-likeness (QED) is 0.769. The number of hydrogen-bond acceptors (Lipinski definition) is 3. The molecule has 1 N–H and O–H groups in total. The number of halogens is 1. The molecule has 1 aliphatic rings. The average Bonchev–Trinajstić information content (AvgIpc) is 3.32. The molecule has 0 aromatic heterocycles. The van der Waals surface area contributed by atoms with Crippen molar-refractivity contribution in [3.8, 4) is 11.5 Å². The van der Waals surface area contributed by atoms with E-state index in [0.717, 1.165) is 35.2 Å². The third-order valence-electron chi connectivity index (χ3n) is 4.34. The summed E-state index contributed by atoms with van der Waals surface area (Å²) in [5.74, 6) is 2.80. The van der Waals surface area contributed by atoms with Crippen molar-refractivity contribution in [3.63, 3.8) is 0 Å². The number of nitrogens with one attached hydrogen (secondary N) is 1. The summed E-state index contributed by atoms with van der Waals surface area (Å²) in [6, 6.07) is 4.15. The Balaban J connectivity index is 2.33. The highest BCUT2D eigenvalue weighted by Gasteiger charge is 2.35. The van der Waals surface area contributed by atoms with Crippen LogP contribution in [0.5, 0.6) is 11.5 Å². The molecule has 21 heavy (non-hydrogen) atoms. The van der Waals surface area contributed by atoms with Crippen LogP contribution in [0.25, 0.3) is 0 Å². The Bertz CT molecular complexity index is 474. The Morgan fingerprint density at radius 2 is 1.86 bits per heavy atom. The zero-order valence-electron chi connectivity index (χ0n) is 13.4. The molecule has 1 aromatic rings. The van der Waals surface area contributed by atoms with E-state index in [9.17, 15) is 0 Å². The maximum atomic E-state index is 6.50. The van der Waals surface area contributed by atoms with Crippen LogP contribution in [-0.4, -0.2) is 20.8 Å². The molecule has 1 saturated carbocycles. The van der Waals surface area contributed by atoms with Crippen molar-refractivity contribution >= 4 is 11.6 Å². The first-order valence-electron chi connectivity index (χ1n) is 7.77. The Morgan fingerprint density at radius 1 is 1.24 bits per heavy atom. The molecule has 2 rings (SSSR count). The fourth-order valence-electron chi connectivity index (χ4n) is 2.88. The van der Waals surface area contributed by atoms with Gasteiger partial charge < -0.3 is 14.8 Å². The molecule has 0 heterocycles. The summed E-state index contributed by atoms with van der Waals surface area (Å²) in [6.07, 6.45) is 3.77. The van der Waals surface area contributed by atoms with Gasteiger partial charge in [-0.3, -0.25) is 0 Å². The van der Waals surface area contributed by atoms with Gasteiger partial charge in [-0.15, -0.1) is 0 Å². The van der Waals surface area contributed by atoms with Gasteiger partial charge in [0.15, 0.2) is 11.5 Å². The van der Waals surface area contributed by atoms with Gasteiger partial charge in [0.25, 0.3) is 0 Å². The van der Waals surface area contributed by atoms with Gasteiger partial charge in [0.1, 0.15) is 0 Å². The van der Waals surface area contributed by atoms with E-state index in [1.807, 2.05) is 12.1 Å². The monoisotopic (exact) mass is 311 g/mol. The second kappa shape index (κ2) is 7.37. The van der Waals surface area contributed by atoms with Crippen molar-refractivity contribution in [2.24, 2.45) is 11.8 Å². The maximum absolute atomic E-state index is 6.50. The molecular formula is C17H26ClNO2. The van der Waals surface area contributed by atoms with Crippen LogP contribution < -0.4 is 14.8 Å². The number of methoxy groups -OCH3 is 2. The third-order valence-corrected chi connectivity index (χ3v) is 4.67. The molecule has 4 heteroatoms. The summed E-state index contributed by atoms with van der Waals surface area (Å²) in [5.41, 5.74) is 1.11. The lowest BCUT2D eigenvalue weighted by Gasteiger charge is -2.27. The number of hydrogen-bond donors (Lipinski definition) is 1. The topological polar surface area (TPSA) is 30.5 Å². The van der Waals surface area contributed by atoms with Crippen LogP contribution in [0, 0.1) is 11.8 Å². The zero-order chi connectivity index (χ0) is 15.4. The minimum Gasteiger partial charge on any atom is -0.493 e. The van der Waals surface area contributed by atoms with Crippen LogP contribution in [0.15, 0.2) is 12.1 Å². The second-order valence-corrected chi connectivity index (χ2v) is 6.26. The molecule has 1 fully saturated rings. The fraction of sp³-hybridized carbons (Fsp3) is 0.647. The molecular weight excluding hydrogens is 286 g/mol. The minimum atomic E-state index is 0.268. The summed E-state index contributed by atoms with van der Waals surface area (Å²) >= 11 is 6.50. The van der Waals surface area contributed by atoms with Crippen molar-refractivity contribution in [2.45, 2.75) is 39.2 Å². The first-order chi connectivity index (χ1) is 10.1. The van der Waals surface area contributed by atoms with Crippen molar-refractivity contribution in [1.82, 2.24) is 5.32 Å². The van der Waals surface area contributed by atoms with Crippen LogP contribution in [0.4, 0.5) is 0 Å². The molecule has 2 atom stereocenters. The van der Waals surface area contributed by atoms with Gasteiger partial charge in [-0.25, -0.2) is 0 Å². The predicted molar refractivity (Wildman–Crippen MR) is 87.5 cm³/mol. The fourth-order valence-corrected chi connectivity index (χ4v) is 3.15. The minimum absolute atomic E-state index is 0.268. The van der Waals surface area contributed by atoms with Gasteiger partial charge in [-0.1, -0.05) is 25.4 Å². The van der Waals surface area contributed by atoms with E-state index < -0.39 is 0 Å². The zero-order valence-corrected chi connectivity index (χ0v) is 14.2. The highest BCUT2D eigenvalue weighted by atomic mass is 35.5. The molecule has 3 nitrogen and oxygen atoms in total. The standard InChI is InChI=1S/C17H26ClNO2/c1-5-8-19-17(11(2)12-6-7-12)13-9-15(20-3)16(21-4)10-14(13)18/h9-12,17,19H,5-8H2,1-4H3.